The van der Waals surface area contributed by atoms with Crippen molar-refractivity contribution in [3.8, 4) is 0 Å². The number of fused-ring (bicyclic) bond motifs is 1. The molecule has 1 saturated heterocycles. The maximum Gasteiger partial charge on any atom is 0.283 e. The highest BCUT2D eigenvalue weighted by Crippen LogP contribution is 2.36. The molecule has 2 heterocycles. The van der Waals surface area contributed by atoms with Crippen LogP contribution < -0.4 is 9.80 Å². The summed E-state index contributed by atoms with van der Waals surface area (Å²) < 4.78 is 0. The number of amides is 1. The Balaban J connectivity index is 1.84. The fourth-order valence-corrected chi connectivity index (χ4v) is 3.94. The maximum atomic E-state index is 13.3. The van der Waals surface area contributed by atoms with Crippen molar-refractivity contribution in [3.63, 3.8) is 0 Å². The summed E-state index contributed by atoms with van der Waals surface area (Å²) in [4.78, 5) is 18.9. The minimum atomic E-state index is -0.0950. The second-order valence-corrected chi connectivity index (χ2v) is 7.06. The first-order chi connectivity index (χ1) is 13.0. The van der Waals surface area contributed by atoms with E-state index in [-0.39, 0.29) is 5.91 Å². The van der Waals surface area contributed by atoms with Gasteiger partial charge in [0.2, 0.25) is 0 Å². The average Bonchev–Trinajstić information content (AvgIpc) is 2.90. The van der Waals surface area contributed by atoms with Gasteiger partial charge in [0.25, 0.3) is 5.91 Å². The monoisotopic (exact) mass is 375 g/mol. The molecule has 0 radical (unpaired) electrons. The van der Waals surface area contributed by atoms with Gasteiger partial charge in [-0.2, -0.15) is 0 Å². The first kappa shape index (κ1) is 17.5. The summed E-state index contributed by atoms with van der Waals surface area (Å²) in [6.07, 6.45) is 4.10. The minimum absolute atomic E-state index is 0.0950. The number of anilines is 2. The van der Waals surface area contributed by atoms with Crippen LogP contribution in [0.2, 0.25) is 0 Å². The summed E-state index contributed by atoms with van der Waals surface area (Å²) in [5.74, 6) is -0.0950. The fourth-order valence-electron chi connectivity index (χ4n) is 3.66. The summed E-state index contributed by atoms with van der Waals surface area (Å²) in [5.41, 5.74) is 5.76. The number of rotatable bonds is 2. The number of carbonyl (C=O) groups is 1. The summed E-state index contributed by atoms with van der Waals surface area (Å²) >= 11 is 5.59. The van der Waals surface area contributed by atoms with Gasteiger partial charge in [0, 0.05) is 19.3 Å². The number of carbonyl (C=O) groups excluding carboxylic acids is 1. The van der Waals surface area contributed by atoms with E-state index in [0.29, 0.717) is 10.8 Å². The molecular formula is C22H21N3OS. The van der Waals surface area contributed by atoms with Crippen molar-refractivity contribution < 1.29 is 4.79 Å². The standard InChI is InChI=1S/C22H21N3OS/c1-4-24-18-12-10-15(2)14-16(18)11-13-19(24)20-21(26)25(22(27)23(20)3)17-8-6-5-7-9-17/h5-14H,4H2,1-3H3/b20-19+. The predicted octanol–water partition coefficient (Wildman–Crippen LogP) is 4.32. The molecule has 0 N–H and O–H groups in total. The molecule has 0 aliphatic carbocycles. The van der Waals surface area contributed by atoms with Gasteiger partial charge >= 0.3 is 0 Å². The molecule has 0 atom stereocenters. The SMILES string of the molecule is CCN1/C(=C2\C(=O)N(c3ccccc3)C(=S)N2C)C=Cc2cc(C)ccc21. The van der Waals surface area contributed by atoms with Gasteiger partial charge in [-0.1, -0.05) is 35.9 Å². The molecule has 27 heavy (non-hydrogen) atoms. The zero-order valence-electron chi connectivity index (χ0n) is 15.6. The van der Waals surface area contributed by atoms with Crippen molar-refractivity contribution in [3.05, 3.63) is 77.1 Å². The second kappa shape index (κ2) is 6.67. The Morgan fingerprint density at radius 3 is 2.48 bits per heavy atom. The van der Waals surface area contributed by atoms with E-state index < -0.39 is 0 Å². The lowest BCUT2D eigenvalue weighted by atomic mass is 10.0. The van der Waals surface area contributed by atoms with E-state index in [1.54, 1.807) is 4.90 Å². The van der Waals surface area contributed by atoms with E-state index in [0.717, 1.165) is 29.2 Å². The van der Waals surface area contributed by atoms with Crippen molar-refractivity contribution in [1.82, 2.24) is 4.90 Å². The third kappa shape index (κ3) is 2.75. The van der Waals surface area contributed by atoms with Gasteiger partial charge in [-0.05, 0) is 62.0 Å². The van der Waals surface area contributed by atoms with Crippen LogP contribution >= 0.6 is 12.2 Å². The fraction of sp³-hybridized carbons (Fsp3) is 0.182. The first-order valence-electron chi connectivity index (χ1n) is 9.00. The van der Waals surface area contributed by atoms with Crippen LogP contribution in [-0.2, 0) is 4.79 Å². The summed E-state index contributed by atoms with van der Waals surface area (Å²) in [6.45, 7) is 4.94. The molecule has 2 aromatic rings. The Labute approximate surface area is 165 Å². The summed E-state index contributed by atoms with van der Waals surface area (Å²) in [5, 5.41) is 0.493. The lowest BCUT2D eigenvalue weighted by molar-refractivity contribution is -0.114. The lowest BCUT2D eigenvalue weighted by Gasteiger charge is -2.31. The molecule has 5 heteroatoms. The topological polar surface area (TPSA) is 26.8 Å². The third-order valence-electron chi connectivity index (χ3n) is 4.98. The molecule has 0 spiro atoms. The molecule has 1 amide bonds. The van der Waals surface area contributed by atoms with E-state index in [4.69, 9.17) is 12.2 Å². The molecule has 136 valence electrons. The van der Waals surface area contributed by atoms with Crippen molar-refractivity contribution >= 4 is 40.7 Å². The number of hydrogen-bond acceptors (Lipinski definition) is 3. The van der Waals surface area contributed by atoms with Gasteiger partial charge in [-0.15, -0.1) is 0 Å². The second-order valence-electron chi connectivity index (χ2n) is 6.69. The van der Waals surface area contributed by atoms with Crippen molar-refractivity contribution in [2.45, 2.75) is 13.8 Å². The Hall–Kier alpha value is -2.92. The van der Waals surface area contributed by atoms with Gasteiger partial charge in [-0.3, -0.25) is 9.69 Å². The number of aryl methyl sites for hydroxylation is 1. The highest BCUT2D eigenvalue weighted by molar-refractivity contribution is 7.80. The number of allylic oxidation sites excluding steroid dienone is 1. The number of nitrogens with zero attached hydrogens (tertiary/aromatic N) is 3. The number of hydrogen-bond donors (Lipinski definition) is 0. The van der Waals surface area contributed by atoms with Crippen LogP contribution in [-0.4, -0.2) is 29.5 Å². The third-order valence-corrected chi connectivity index (χ3v) is 5.43. The zero-order chi connectivity index (χ0) is 19.1. The molecule has 0 unspecified atom stereocenters. The molecule has 1 fully saturated rings. The van der Waals surface area contributed by atoms with Crippen molar-refractivity contribution in [1.29, 1.82) is 0 Å². The van der Waals surface area contributed by atoms with E-state index in [1.165, 1.54) is 5.56 Å². The maximum absolute atomic E-state index is 13.3. The average molecular weight is 375 g/mol. The normalized spacial score (nSPS) is 19.1. The minimum Gasteiger partial charge on any atom is -0.339 e. The summed E-state index contributed by atoms with van der Waals surface area (Å²) in [6, 6.07) is 15.9. The molecular weight excluding hydrogens is 354 g/mol. The van der Waals surface area contributed by atoms with Crippen LogP contribution in [0.5, 0.6) is 0 Å². The van der Waals surface area contributed by atoms with Gasteiger partial charge in [0.1, 0.15) is 5.70 Å². The van der Waals surface area contributed by atoms with Crippen LogP contribution in [0.3, 0.4) is 0 Å². The van der Waals surface area contributed by atoms with Crippen LogP contribution in [0.4, 0.5) is 11.4 Å². The number of thiocarbonyl (C=S) groups is 1. The Kier molecular flexibility index (Phi) is 4.32. The molecule has 2 aromatic carbocycles. The van der Waals surface area contributed by atoms with E-state index in [2.05, 4.69) is 43.0 Å². The highest BCUT2D eigenvalue weighted by atomic mass is 32.1. The zero-order valence-corrected chi connectivity index (χ0v) is 16.5. The van der Waals surface area contributed by atoms with Gasteiger partial charge in [0.15, 0.2) is 5.11 Å². The van der Waals surface area contributed by atoms with Crippen molar-refractivity contribution in [2.24, 2.45) is 0 Å². The number of para-hydroxylation sites is 1. The van der Waals surface area contributed by atoms with E-state index in [9.17, 15) is 4.79 Å². The van der Waals surface area contributed by atoms with Crippen LogP contribution in [0.1, 0.15) is 18.1 Å². The van der Waals surface area contributed by atoms with Crippen molar-refractivity contribution in [2.75, 3.05) is 23.4 Å². The first-order valence-corrected chi connectivity index (χ1v) is 9.41. The molecule has 2 aliphatic heterocycles. The largest absolute Gasteiger partial charge is 0.339 e. The molecule has 0 saturated carbocycles. The molecule has 0 aromatic heterocycles. The molecule has 4 nitrogen and oxygen atoms in total. The van der Waals surface area contributed by atoms with Crippen LogP contribution in [0, 0.1) is 6.92 Å². The Morgan fingerprint density at radius 2 is 1.78 bits per heavy atom. The van der Waals surface area contributed by atoms with Crippen LogP contribution in [0.15, 0.2) is 66.0 Å². The highest BCUT2D eigenvalue weighted by Gasteiger charge is 2.40. The molecule has 2 aliphatic rings. The Morgan fingerprint density at radius 1 is 1.04 bits per heavy atom. The van der Waals surface area contributed by atoms with E-state index >= 15 is 0 Å². The number of likely N-dealkylation sites (N-methyl/N-ethyl adjacent to an activating group) is 2. The number of benzene rings is 2. The van der Waals surface area contributed by atoms with Crippen LogP contribution in [0.25, 0.3) is 6.08 Å². The van der Waals surface area contributed by atoms with Gasteiger partial charge in [0.05, 0.1) is 11.4 Å². The predicted molar refractivity (Wildman–Crippen MR) is 115 cm³/mol. The van der Waals surface area contributed by atoms with Gasteiger partial charge < -0.3 is 9.80 Å². The van der Waals surface area contributed by atoms with E-state index in [1.807, 2.05) is 48.4 Å². The lowest BCUT2D eigenvalue weighted by Crippen LogP contribution is -2.30. The Bertz CT molecular complexity index is 994. The quantitative estimate of drug-likeness (QED) is 0.577. The smallest absolute Gasteiger partial charge is 0.283 e. The molecule has 4 rings (SSSR count). The summed E-state index contributed by atoms with van der Waals surface area (Å²) in [7, 11) is 1.86. The molecule has 0 bridgehead atoms. The van der Waals surface area contributed by atoms with Gasteiger partial charge in [-0.25, -0.2) is 0 Å².